The summed E-state index contributed by atoms with van der Waals surface area (Å²) in [5.74, 6) is -3.13. The maximum absolute atomic E-state index is 13.7. The molecule has 1 saturated heterocycles. The van der Waals surface area contributed by atoms with Crippen LogP contribution in [0.15, 0.2) is 36.6 Å². The second-order valence-electron chi connectivity index (χ2n) is 5.71. The lowest BCUT2D eigenvalue weighted by Gasteiger charge is -2.12. The molecule has 3 rings (SSSR count). The number of quaternary nitrogens is 1. The minimum absolute atomic E-state index is 0.326. The highest BCUT2D eigenvalue weighted by Gasteiger charge is 2.33. The molecule has 0 aliphatic carbocycles. The third kappa shape index (κ3) is 4.99. The molecule has 2 atom stereocenters. The zero-order valence-electron chi connectivity index (χ0n) is 13.0. The van der Waals surface area contributed by atoms with Crippen molar-refractivity contribution in [2.24, 2.45) is 0 Å². The van der Waals surface area contributed by atoms with E-state index in [-0.39, 0.29) is 5.95 Å². The highest BCUT2D eigenvalue weighted by Crippen LogP contribution is 2.28. The van der Waals surface area contributed by atoms with E-state index in [1.807, 2.05) is 12.1 Å². The Bertz CT molecular complexity index is 656. The summed E-state index contributed by atoms with van der Waals surface area (Å²) in [6.45, 7) is 0. The Balaban J connectivity index is 0.000000224. The zero-order chi connectivity index (χ0) is 17.5. The predicted octanol–water partition coefficient (Wildman–Crippen LogP) is -0.131. The minimum atomic E-state index is -1.51. The molecule has 0 radical (unpaired) electrons. The van der Waals surface area contributed by atoms with Crippen LogP contribution in [0.1, 0.15) is 31.2 Å². The van der Waals surface area contributed by atoms with Gasteiger partial charge < -0.3 is 20.3 Å². The van der Waals surface area contributed by atoms with E-state index in [4.69, 9.17) is 5.11 Å². The number of aromatic nitrogens is 1. The van der Waals surface area contributed by atoms with Crippen LogP contribution >= 0.6 is 0 Å². The summed E-state index contributed by atoms with van der Waals surface area (Å²) < 4.78 is 13.7. The molecule has 2 aliphatic heterocycles. The highest BCUT2D eigenvalue weighted by atomic mass is 19.1. The number of carboxylic acid groups (broad SMARTS) is 2. The van der Waals surface area contributed by atoms with Crippen LogP contribution < -0.4 is 10.4 Å². The first-order chi connectivity index (χ1) is 11.5. The van der Waals surface area contributed by atoms with E-state index in [9.17, 15) is 19.1 Å². The largest absolute Gasteiger partial charge is 0.545 e. The Morgan fingerprint density at radius 3 is 2.75 bits per heavy atom. The van der Waals surface area contributed by atoms with Crippen molar-refractivity contribution in [1.82, 2.24) is 4.98 Å². The molecule has 0 aromatic carbocycles. The average molecular weight is 334 g/mol. The van der Waals surface area contributed by atoms with Gasteiger partial charge in [-0.3, -0.25) is 0 Å². The first kappa shape index (κ1) is 17.8. The molecule has 3 heterocycles. The summed E-state index contributed by atoms with van der Waals surface area (Å²) in [7, 11) is 0. The molecule has 3 N–H and O–H groups in total. The Hall–Kier alpha value is -2.54. The summed E-state index contributed by atoms with van der Waals surface area (Å²) in [5.41, 5.74) is 1.86. The lowest BCUT2D eigenvalue weighted by atomic mass is 9.95. The van der Waals surface area contributed by atoms with Crippen molar-refractivity contribution < 1.29 is 29.5 Å². The predicted molar refractivity (Wildman–Crippen MR) is 81.9 cm³/mol. The molecule has 6 nitrogen and oxygen atoms in total. The fourth-order valence-electron chi connectivity index (χ4n) is 3.07. The number of allylic oxidation sites excluding steroid dienone is 1. The standard InChI is InChI=1S/C13H15FN2.C4H4O4/c14-13-11(5-2-8-15-13)10-4-1-3-9-6-7-12(10)16-9;5-3(6)1-2-4(7)8/h2,4-5,8-9,12,16H,1,3,6-7H2;1-2H,(H,5,6)(H,7,8)/b;2-1-. The fourth-order valence-corrected chi connectivity index (χ4v) is 3.07. The van der Waals surface area contributed by atoms with Gasteiger partial charge in [-0.1, -0.05) is 6.08 Å². The summed E-state index contributed by atoms with van der Waals surface area (Å²) in [4.78, 5) is 22.7. The van der Waals surface area contributed by atoms with Crippen LogP contribution in [0.25, 0.3) is 5.57 Å². The Morgan fingerprint density at radius 2 is 2.12 bits per heavy atom. The number of pyridine rings is 1. The monoisotopic (exact) mass is 334 g/mol. The average Bonchev–Trinajstić information content (AvgIpc) is 2.89. The third-order valence-corrected chi connectivity index (χ3v) is 4.09. The molecule has 7 heteroatoms. The molecule has 128 valence electrons. The van der Waals surface area contributed by atoms with Crippen molar-refractivity contribution in [3.05, 3.63) is 48.1 Å². The van der Waals surface area contributed by atoms with Crippen molar-refractivity contribution in [2.45, 2.75) is 37.8 Å². The summed E-state index contributed by atoms with van der Waals surface area (Å²) >= 11 is 0. The number of carbonyl (C=O) groups excluding carboxylic acids is 1. The van der Waals surface area contributed by atoms with Gasteiger partial charge >= 0.3 is 5.97 Å². The maximum atomic E-state index is 13.7. The number of hydrogen-bond donors (Lipinski definition) is 2. The van der Waals surface area contributed by atoms with Gasteiger partial charge in [-0.2, -0.15) is 4.39 Å². The quantitative estimate of drug-likeness (QED) is 0.591. The molecule has 0 spiro atoms. The summed E-state index contributed by atoms with van der Waals surface area (Å²) in [6.07, 6.45) is 9.40. The van der Waals surface area contributed by atoms with Crippen molar-refractivity contribution in [3.63, 3.8) is 0 Å². The van der Waals surface area contributed by atoms with E-state index >= 15 is 0 Å². The van der Waals surface area contributed by atoms with Gasteiger partial charge in [0, 0.05) is 42.7 Å². The van der Waals surface area contributed by atoms with Gasteiger partial charge in [0.2, 0.25) is 5.95 Å². The van der Waals surface area contributed by atoms with Gasteiger partial charge in [-0.15, -0.1) is 0 Å². The van der Waals surface area contributed by atoms with Crippen LogP contribution in [0.3, 0.4) is 0 Å². The number of fused-ring (bicyclic) bond motifs is 2. The lowest BCUT2D eigenvalue weighted by molar-refractivity contribution is -0.689. The van der Waals surface area contributed by atoms with E-state index in [2.05, 4.69) is 16.4 Å². The number of nitrogens with zero attached hydrogens (tertiary/aromatic N) is 1. The molecule has 1 aromatic rings. The van der Waals surface area contributed by atoms with Crippen molar-refractivity contribution in [3.8, 4) is 0 Å². The van der Waals surface area contributed by atoms with Crippen molar-refractivity contribution in [2.75, 3.05) is 0 Å². The summed E-state index contributed by atoms with van der Waals surface area (Å²) in [6, 6.07) is 4.86. The van der Waals surface area contributed by atoms with E-state index < -0.39 is 11.9 Å². The molecule has 2 unspecified atom stereocenters. The highest BCUT2D eigenvalue weighted by molar-refractivity contribution is 5.88. The first-order valence-electron chi connectivity index (χ1n) is 7.75. The van der Waals surface area contributed by atoms with E-state index in [0.717, 1.165) is 18.0 Å². The lowest BCUT2D eigenvalue weighted by Crippen LogP contribution is -2.91. The first-order valence-corrected chi connectivity index (χ1v) is 7.75. The molecule has 1 aromatic heterocycles. The van der Waals surface area contributed by atoms with E-state index in [1.54, 1.807) is 0 Å². The van der Waals surface area contributed by atoms with Crippen molar-refractivity contribution >= 4 is 17.5 Å². The van der Waals surface area contributed by atoms with Gasteiger partial charge in [0.25, 0.3) is 0 Å². The van der Waals surface area contributed by atoms with Gasteiger partial charge in [-0.25, -0.2) is 9.78 Å². The number of aliphatic carboxylic acids is 2. The Morgan fingerprint density at radius 1 is 1.33 bits per heavy atom. The van der Waals surface area contributed by atoms with Crippen LogP contribution in [0.2, 0.25) is 0 Å². The third-order valence-electron chi connectivity index (χ3n) is 4.09. The molecular formula is C17H19FN2O4. The number of carbonyl (C=O) groups is 2. The fraction of sp³-hybridized carbons (Fsp3) is 0.353. The van der Waals surface area contributed by atoms with Gasteiger partial charge in [-0.05, 0) is 24.6 Å². The molecule has 0 amide bonds. The molecule has 2 bridgehead atoms. The second-order valence-corrected chi connectivity index (χ2v) is 5.71. The van der Waals surface area contributed by atoms with Crippen LogP contribution in [-0.2, 0) is 9.59 Å². The zero-order valence-corrected chi connectivity index (χ0v) is 13.0. The van der Waals surface area contributed by atoms with E-state index in [1.165, 1.54) is 25.5 Å². The molecular weight excluding hydrogens is 315 g/mol. The molecule has 2 aliphatic rings. The SMILES string of the molecule is Fc1ncccc1C1=CCCC2CCC1[NH2+]2.O=C([O-])/C=C\C(=O)O. The summed E-state index contributed by atoms with van der Waals surface area (Å²) in [5, 5.41) is 19.6. The number of nitrogens with two attached hydrogens (primary N) is 1. The minimum Gasteiger partial charge on any atom is -0.545 e. The van der Waals surface area contributed by atoms with Gasteiger partial charge in [0.05, 0.1) is 12.0 Å². The molecule has 0 saturated carbocycles. The number of halogens is 1. The normalized spacial score (nSPS) is 22.3. The topological polar surface area (TPSA) is 107 Å². The van der Waals surface area contributed by atoms with Crippen LogP contribution in [-0.4, -0.2) is 34.1 Å². The van der Waals surface area contributed by atoms with Crippen LogP contribution in [0.4, 0.5) is 4.39 Å². The van der Waals surface area contributed by atoms with Gasteiger partial charge in [0.15, 0.2) is 0 Å². The number of rotatable bonds is 3. The van der Waals surface area contributed by atoms with Crippen molar-refractivity contribution in [1.29, 1.82) is 0 Å². The molecule has 1 fully saturated rings. The smallest absolute Gasteiger partial charge is 0.328 e. The second kappa shape index (κ2) is 8.35. The molecule has 24 heavy (non-hydrogen) atoms. The van der Waals surface area contributed by atoms with Gasteiger partial charge in [0.1, 0.15) is 6.04 Å². The van der Waals surface area contributed by atoms with E-state index in [0.29, 0.717) is 23.8 Å². The maximum Gasteiger partial charge on any atom is 0.328 e. The number of carboxylic acids is 2. The van der Waals surface area contributed by atoms with Crippen LogP contribution in [0, 0.1) is 5.95 Å². The Kier molecular flexibility index (Phi) is 6.20. The Labute approximate surface area is 138 Å². The van der Waals surface area contributed by atoms with Crippen LogP contribution in [0.5, 0.6) is 0 Å². The number of hydrogen-bond acceptors (Lipinski definition) is 4.